The van der Waals surface area contributed by atoms with E-state index in [4.69, 9.17) is 4.74 Å². The van der Waals surface area contributed by atoms with Gasteiger partial charge in [0.1, 0.15) is 5.69 Å². The summed E-state index contributed by atoms with van der Waals surface area (Å²) >= 11 is 0. The summed E-state index contributed by atoms with van der Waals surface area (Å²) in [7, 11) is -3.57. The first-order valence-electron chi connectivity index (χ1n) is 9.05. The zero-order valence-electron chi connectivity index (χ0n) is 14.8. The van der Waals surface area contributed by atoms with Gasteiger partial charge in [0.2, 0.25) is 10.0 Å². The average Bonchev–Trinajstić information content (AvgIpc) is 3.39. The van der Waals surface area contributed by atoms with Crippen LogP contribution in [0.4, 0.5) is 0 Å². The number of hydrogen-bond donors (Lipinski definition) is 2. The van der Waals surface area contributed by atoms with Gasteiger partial charge in [-0.1, -0.05) is 6.07 Å². The van der Waals surface area contributed by atoms with Crippen LogP contribution in [0.2, 0.25) is 0 Å². The molecule has 9 heteroatoms. The third-order valence-electron chi connectivity index (χ3n) is 5.04. The number of aromatic amines is 1. The molecule has 2 aromatic rings. The van der Waals surface area contributed by atoms with Crippen molar-refractivity contribution in [3.63, 3.8) is 0 Å². The van der Waals surface area contributed by atoms with Crippen LogP contribution in [0.5, 0.6) is 0 Å². The van der Waals surface area contributed by atoms with Crippen molar-refractivity contribution in [2.45, 2.75) is 36.8 Å². The maximum atomic E-state index is 12.6. The molecular formula is C18H22N4O4S. The summed E-state index contributed by atoms with van der Waals surface area (Å²) in [5.41, 5.74) is 2.38. The SMILES string of the molecule is O=C(c1ccn[nH]1)N1CCc2cc(S(=O)(=O)NC[C@@H]3CCCO3)ccc2C1. The summed E-state index contributed by atoms with van der Waals surface area (Å²) in [6.07, 6.45) is 3.97. The van der Waals surface area contributed by atoms with Gasteiger partial charge < -0.3 is 9.64 Å². The van der Waals surface area contributed by atoms with E-state index in [1.807, 2.05) is 0 Å². The zero-order chi connectivity index (χ0) is 18.9. The van der Waals surface area contributed by atoms with Crippen molar-refractivity contribution in [2.24, 2.45) is 0 Å². The number of H-pyrrole nitrogens is 1. The number of amides is 1. The normalized spacial score (nSPS) is 19.9. The first-order valence-corrected chi connectivity index (χ1v) is 10.5. The Bertz CT molecular complexity index is 921. The number of benzene rings is 1. The van der Waals surface area contributed by atoms with E-state index in [1.54, 1.807) is 35.4 Å². The van der Waals surface area contributed by atoms with E-state index in [0.29, 0.717) is 38.4 Å². The van der Waals surface area contributed by atoms with Gasteiger partial charge in [0.15, 0.2) is 0 Å². The fourth-order valence-electron chi connectivity index (χ4n) is 3.51. The van der Waals surface area contributed by atoms with E-state index in [9.17, 15) is 13.2 Å². The van der Waals surface area contributed by atoms with E-state index in [0.717, 1.165) is 24.0 Å². The Balaban J connectivity index is 1.45. The lowest BCUT2D eigenvalue weighted by atomic mass is 9.99. The van der Waals surface area contributed by atoms with Crippen LogP contribution in [-0.4, -0.2) is 55.2 Å². The van der Waals surface area contributed by atoms with E-state index in [1.165, 1.54) is 0 Å². The minimum Gasteiger partial charge on any atom is -0.377 e. The number of hydrogen-bond acceptors (Lipinski definition) is 5. The largest absolute Gasteiger partial charge is 0.377 e. The summed E-state index contributed by atoms with van der Waals surface area (Å²) in [6, 6.07) is 6.75. The van der Waals surface area contributed by atoms with E-state index in [2.05, 4.69) is 14.9 Å². The number of fused-ring (bicyclic) bond motifs is 1. The van der Waals surface area contributed by atoms with Crippen LogP contribution >= 0.6 is 0 Å². The number of carbonyl (C=O) groups excluding carboxylic acids is 1. The number of aromatic nitrogens is 2. The number of nitrogens with one attached hydrogen (secondary N) is 2. The Morgan fingerprint density at radius 1 is 1.33 bits per heavy atom. The highest BCUT2D eigenvalue weighted by atomic mass is 32.2. The molecule has 8 nitrogen and oxygen atoms in total. The standard InChI is InChI=1S/C18H22N4O4S/c23-18(17-5-7-19-21-17)22-8-6-13-10-16(4-3-14(13)12-22)27(24,25)20-11-15-2-1-9-26-15/h3-5,7,10,15,20H,1-2,6,8-9,11-12H2,(H,19,21)/t15-/m0/s1. The second-order valence-electron chi connectivity index (χ2n) is 6.86. The van der Waals surface area contributed by atoms with Crippen LogP contribution in [0.15, 0.2) is 35.4 Å². The van der Waals surface area contributed by atoms with Gasteiger partial charge in [-0.15, -0.1) is 0 Å². The molecule has 2 aliphatic rings. The lowest BCUT2D eigenvalue weighted by molar-refractivity contribution is 0.0728. The molecule has 0 aliphatic carbocycles. The molecule has 4 rings (SSSR count). The Kier molecular flexibility index (Phi) is 4.98. The van der Waals surface area contributed by atoms with Crippen molar-refractivity contribution >= 4 is 15.9 Å². The van der Waals surface area contributed by atoms with E-state index < -0.39 is 10.0 Å². The molecule has 0 spiro atoms. The quantitative estimate of drug-likeness (QED) is 0.795. The Morgan fingerprint density at radius 2 is 2.22 bits per heavy atom. The topological polar surface area (TPSA) is 104 Å². The molecule has 2 aliphatic heterocycles. The molecule has 144 valence electrons. The number of ether oxygens (including phenoxy) is 1. The summed E-state index contributed by atoms with van der Waals surface area (Å²) < 4.78 is 33.2. The second-order valence-corrected chi connectivity index (χ2v) is 8.63. The molecule has 1 aromatic heterocycles. The van der Waals surface area contributed by atoms with Crippen molar-refractivity contribution < 1.29 is 17.9 Å². The van der Waals surface area contributed by atoms with Crippen molar-refractivity contribution in [1.29, 1.82) is 0 Å². The van der Waals surface area contributed by atoms with Gasteiger partial charge in [-0.3, -0.25) is 9.89 Å². The van der Waals surface area contributed by atoms with Crippen LogP contribution in [0.1, 0.15) is 34.5 Å². The smallest absolute Gasteiger partial charge is 0.272 e. The molecule has 0 bridgehead atoms. The van der Waals surface area contributed by atoms with Crippen molar-refractivity contribution in [1.82, 2.24) is 19.8 Å². The van der Waals surface area contributed by atoms with Crippen LogP contribution in [0.3, 0.4) is 0 Å². The highest BCUT2D eigenvalue weighted by Gasteiger charge is 2.25. The maximum Gasteiger partial charge on any atom is 0.272 e. The molecule has 1 fully saturated rings. The summed E-state index contributed by atoms with van der Waals surface area (Å²) in [5.74, 6) is -0.104. The lowest BCUT2D eigenvalue weighted by Gasteiger charge is -2.28. The van der Waals surface area contributed by atoms with Crippen molar-refractivity contribution in [3.8, 4) is 0 Å². The number of nitrogens with zero attached hydrogens (tertiary/aromatic N) is 2. The summed E-state index contributed by atoms with van der Waals surface area (Å²) in [5, 5.41) is 6.50. The molecule has 1 aromatic carbocycles. The zero-order valence-corrected chi connectivity index (χ0v) is 15.7. The molecule has 1 saturated heterocycles. The molecule has 1 atom stereocenters. The highest BCUT2D eigenvalue weighted by Crippen LogP contribution is 2.23. The third-order valence-corrected chi connectivity index (χ3v) is 6.46. The molecular weight excluding hydrogens is 368 g/mol. The molecule has 0 radical (unpaired) electrons. The first kappa shape index (κ1) is 18.1. The number of rotatable bonds is 5. The lowest BCUT2D eigenvalue weighted by Crippen LogP contribution is -2.36. The summed E-state index contributed by atoms with van der Waals surface area (Å²) in [4.78, 5) is 14.4. The monoisotopic (exact) mass is 390 g/mol. The molecule has 2 N–H and O–H groups in total. The Morgan fingerprint density at radius 3 is 2.96 bits per heavy atom. The first-order chi connectivity index (χ1) is 13.0. The van der Waals surface area contributed by atoms with Gasteiger partial charge in [0, 0.05) is 32.4 Å². The van der Waals surface area contributed by atoms with E-state index in [-0.39, 0.29) is 16.9 Å². The van der Waals surface area contributed by atoms with Gasteiger partial charge >= 0.3 is 0 Å². The van der Waals surface area contributed by atoms with Crippen molar-refractivity contribution in [2.75, 3.05) is 19.7 Å². The van der Waals surface area contributed by atoms with E-state index >= 15 is 0 Å². The molecule has 0 unspecified atom stereocenters. The predicted molar refractivity (Wildman–Crippen MR) is 97.6 cm³/mol. The fraction of sp³-hybridized carbons (Fsp3) is 0.444. The minimum atomic E-state index is -3.57. The van der Waals surface area contributed by atoms with Gasteiger partial charge in [-0.05, 0) is 48.6 Å². The summed E-state index contributed by atoms with van der Waals surface area (Å²) in [6.45, 7) is 1.99. The van der Waals surface area contributed by atoms with Crippen LogP contribution < -0.4 is 4.72 Å². The fourth-order valence-corrected chi connectivity index (χ4v) is 4.62. The molecule has 0 saturated carbocycles. The second kappa shape index (κ2) is 7.41. The van der Waals surface area contributed by atoms with Gasteiger partial charge in [-0.2, -0.15) is 5.10 Å². The number of sulfonamides is 1. The van der Waals surface area contributed by atoms with Gasteiger partial charge in [-0.25, -0.2) is 13.1 Å². The van der Waals surface area contributed by atoms with Crippen LogP contribution in [-0.2, 0) is 27.7 Å². The van der Waals surface area contributed by atoms with Crippen LogP contribution in [0.25, 0.3) is 0 Å². The number of carbonyl (C=O) groups is 1. The van der Waals surface area contributed by atoms with Gasteiger partial charge in [0.05, 0.1) is 11.0 Å². The molecule has 27 heavy (non-hydrogen) atoms. The van der Waals surface area contributed by atoms with Crippen molar-refractivity contribution in [3.05, 3.63) is 47.3 Å². The predicted octanol–water partition coefficient (Wildman–Crippen LogP) is 1.07. The Hall–Kier alpha value is -2.23. The minimum absolute atomic E-state index is 0.0422. The van der Waals surface area contributed by atoms with Crippen LogP contribution in [0, 0.1) is 0 Å². The maximum absolute atomic E-state index is 12.6. The average molecular weight is 390 g/mol. The molecule has 1 amide bonds. The van der Waals surface area contributed by atoms with Gasteiger partial charge in [0.25, 0.3) is 5.91 Å². The Labute approximate surface area is 158 Å². The highest BCUT2D eigenvalue weighted by molar-refractivity contribution is 7.89. The third kappa shape index (κ3) is 3.90. The molecule has 3 heterocycles.